The molecule has 15 heteroatoms. The first-order valence-electron chi connectivity index (χ1n) is 11.0. The number of carbonyl (C=O) groups is 3. The normalized spacial score (nSPS) is 17.9. The zero-order valence-electron chi connectivity index (χ0n) is 20.1. The molecule has 2 aliphatic rings. The maximum absolute atomic E-state index is 12.3. The fraction of sp³-hybridized carbons (Fsp3) is 0.714. The van der Waals surface area contributed by atoms with E-state index in [1.165, 1.54) is 5.56 Å². The summed E-state index contributed by atoms with van der Waals surface area (Å²) in [5, 5.41) is 18.5. The number of carbonyl (C=O) groups excluding carboxylic acids is 1. The van der Waals surface area contributed by atoms with Crippen molar-refractivity contribution in [2.24, 2.45) is 13.0 Å². The minimum Gasteiger partial charge on any atom is -0.475 e. The Morgan fingerprint density at radius 3 is 1.86 bits per heavy atom. The van der Waals surface area contributed by atoms with Gasteiger partial charge in [-0.05, 0) is 25.2 Å². The topological polar surface area (TPSA) is 116 Å². The number of nitrogens with zero attached hydrogens (tertiary/aromatic N) is 4. The van der Waals surface area contributed by atoms with Crippen LogP contribution in [0.5, 0.6) is 0 Å². The van der Waals surface area contributed by atoms with Crippen molar-refractivity contribution in [3.63, 3.8) is 0 Å². The molecule has 0 aliphatic carbocycles. The Kier molecular flexibility index (Phi) is 10.8. The van der Waals surface area contributed by atoms with Gasteiger partial charge in [0.05, 0.1) is 6.20 Å². The van der Waals surface area contributed by atoms with Crippen LogP contribution >= 0.6 is 0 Å². The van der Waals surface area contributed by atoms with Crippen molar-refractivity contribution in [1.82, 2.24) is 19.6 Å². The molecule has 1 aromatic rings. The molecular weight excluding hydrogens is 502 g/mol. The Morgan fingerprint density at radius 1 is 1.03 bits per heavy atom. The van der Waals surface area contributed by atoms with Crippen LogP contribution in [0.4, 0.5) is 26.3 Å². The van der Waals surface area contributed by atoms with Crippen LogP contribution in [0.2, 0.25) is 0 Å². The summed E-state index contributed by atoms with van der Waals surface area (Å²) in [6.45, 7) is 8.46. The number of rotatable bonds is 4. The molecule has 2 saturated heterocycles. The van der Waals surface area contributed by atoms with Crippen molar-refractivity contribution in [2.45, 2.75) is 64.0 Å². The second-order valence-corrected chi connectivity index (χ2v) is 9.03. The summed E-state index contributed by atoms with van der Waals surface area (Å²) in [6.07, 6.45) is -2.09. The molecule has 2 fully saturated rings. The third-order valence-corrected chi connectivity index (χ3v) is 5.66. The quantitative estimate of drug-likeness (QED) is 0.572. The van der Waals surface area contributed by atoms with Crippen LogP contribution in [0.25, 0.3) is 0 Å². The molecule has 1 spiro atoms. The van der Waals surface area contributed by atoms with E-state index in [-0.39, 0.29) is 5.54 Å². The van der Waals surface area contributed by atoms with Crippen molar-refractivity contribution in [3.8, 4) is 0 Å². The number of halogens is 6. The fourth-order valence-electron chi connectivity index (χ4n) is 3.99. The molecular formula is C21H30F6N4O5. The lowest BCUT2D eigenvalue weighted by atomic mass is 9.84. The number of piperidine rings is 1. The maximum Gasteiger partial charge on any atom is 0.490 e. The molecule has 1 amide bonds. The number of carboxylic acid groups (broad SMARTS) is 2. The lowest BCUT2D eigenvalue weighted by molar-refractivity contribution is -0.193. The zero-order chi connectivity index (χ0) is 27.9. The minimum absolute atomic E-state index is 0.146. The van der Waals surface area contributed by atoms with Crippen LogP contribution < -0.4 is 0 Å². The first-order chi connectivity index (χ1) is 16.4. The van der Waals surface area contributed by atoms with Gasteiger partial charge in [0.1, 0.15) is 0 Å². The highest BCUT2D eigenvalue weighted by Crippen LogP contribution is 2.39. The van der Waals surface area contributed by atoms with Gasteiger partial charge in [0.15, 0.2) is 0 Å². The van der Waals surface area contributed by atoms with E-state index in [9.17, 15) is 31.1 Å². The molecule has 0 bridgehead atoms. The summed E-state index contributed by atoms with van der Waals surface area (Å²) in [5.41, 5.74) is 1.42. The van der Waals surface area contributed by atoms with Crippen molar-refractivity contribution < 1.29 is 50.9 Å². The summed E-state index contributed by atoms with van der Waals surface area (Å²) < 4.78 is 65.3. The lowest BCUT2D eigenvalue weighted by Gasteiger charge is -2.45. The fourth-order valence-corrected chi connectivity index (χ4v) is 3.99. The summed E-state index contributed by atoms with van der Waals surface area (Å²) in [6, 6.07) is 0. The van der Waals surface area contributed by atoms with Crippen molar-refractivity contribution in [3.05, 3.63) is 18.0 Å². The van der Waals surface area contributed by atoms with E-state index in [1.54, 1.807) is 0 Å². The van der Waals surface area contributed by atoms with Crippen molar-refractivity contribution in [2.75, 3.05) is 19.6 Å². The van der Waals surface area contributed by atoms with Gasteiger partial charge < -0.3 is 15.1 Å². The van der Waals surface area contributed by atoms with Gasteiger partial charge in [0.2, 0.25) is 5.91 Å². The summed E-state index contributed by atoms with van der Waals surface area (Å²) in [5.74, 6) is -4.60. The van der Waals surface area contributed by atoms with Gasteiger partial charge in [-0.3, -0.25) is 14.4 Å². The highest BCUT2D eigenvalue weighted by Gasteiger charge is 2.46. The molecule has 36 heavy (non-hydrogen) atoms. The summed E-state index contributed by atoms with van der Waals surface area (Å²) in [4.78, 5) is 34.8. The first kappa shape index (κ1) is 31.2. The number of likely N-dealkylation sites (tertiary alicyclic amines) is 2. The third-order valence-electron chi connectivity index (χ3n) is 5.66. The zero-order valence-corrected chi connectivity index (χ0v) is 20.1. The molecule has 2 aliphatic heterocycles. The highest BCUT2D eigenvalue weighted by molar-refractivity contribution is 5.79. The van der Waals surface area contributed by atoms with Crippen molar-refractivity contribution >= 4 is 17.8 Å². The van der Waals surface area contributed by atoms with Gasteiger partial charge in [0, 0.05) is 56.9 Å². The number of aromatic nitrogens is 2. The monoisotopic (exact) mass is 532 g/mol. The van der Waals surface area contributed by atoms with Crippen LogP contribution in [-0.2, 0) is 28.0 Å². The first-order valence-corrected chi connectivity index (χ1v) is 11.0. The van der Waals surface area contributed by atoms with Crippen LogP contribution in [0.3, 0.4) is 0 Å². The van der Waals surface area contributed by atoms with Gasteiger partial charge in [-0.1, -0.05) is 13.8 Å². The number of aryl methyl sites for hydroxylation is 1. The van der Waals surface area contributed by atoms with Gasteiger partial charge in [-0.25, -0.2) is 9.59 Å². The van der Waals surface area contributed by atoms with E-state index in [0.717, 1.165) is 51.9 Å². The van der Waals surface area contributed by atoms with Gasteiger partial charge in [-0.15, -0.1) is 0 Å². The van der Waals surface area contributed by atoms with Crippen LogP contribution in [0, 0.1) is 5.92 Å². The third kappa shape index (κ3) is 9.66. The average Bonchev–Trinajstić information content (AvgIpc) is 3.27. The maximum atomic E-state index is 12.3. The van der Waals surface area contributed by atoms with E-state index in [1.807, 2.05) is 17.9 Å². The molecule has 0 unspecified atom stereocenters. The number of hydrogen-bond donors (Lipinski definition) is 2. The van der Waals surface area contributed by atoms with Crippen LogP contribution in [0.15, 0.2) is 12.4 Å². The Bertz CT molecular complexity index is 868. The smallest absolute Gasteiger partial charge is 0.475 e. The largest absolute Gasteiger partial charge is 0.490 e. The molecule has 2 N–H and O–H groups in total. The molecule has 9 nitrogen and oxygen atoms in total. The minimum atomic E-state index is -5.08. The molecule has 0 aromatic carbocycles. The number of aliphatic carboxylic acids is 2. The van der Waals surface area contributed by atoms with Gasteiger partial charge in [0.25, 0.3) is 0 Å². The Morgan fingerprint density at radius 2 is 1.50 bits per heavy atom. The van der Waals surface area contributed by atoms with E-state index >= 15 is 0 Å². The lowest BCUT2D eigenvalue weighted by Crippen LogP contribution is -2.53. The van der Waals surface area contributed by atoms with Crippen LogP contribution in [0.1, 0.15) is 45.1 Å². The molecule has 206 valence electrons. The van der Waals surface area contributed by atoms with E-state index in [0.29, 0.717) is 11.8 Å². The molecule has 0 saturated carbocycles. The van der Waals surface area contributed by atoms with E-state index < -0.39 is 24.3 Å². The highest BCUT2D eigenvalue weighted by atomic mass is 19.4. The second-order valence-electron chi connectivity index (χ2n) is 9.03. The second kappa shape index (κ2) is 12.4. The SMILES string of the molecule is CC(C)CN1C(=O)CCC12CCN(Cc1cnn(C)c1)CC2.O=C(O)C(F)(F)F.O=C(O)C(F)(F)F. The van der Waals surface area contributed by atoms with Crippen molar-refractivity contribution in [1.29, 1.82) is 0 Å². The number of hydrogen-bond acceptors (Lipinski definition) is 5. The summed E-state index contributed by atoms with van der Waals surface area (Å²) in [7, 11) is 1.96. The molecule has 3 heterocycles. The van der Waals surface area contributed by atoms with Gasteiger partial charge in [-0.2, -0.15) is 31.4 Å². The molecule has 3 rings (SSSR count). The summed E-state index contributed by atoms with van der Waals surface area (Å²) >= 11 is 0. The average molecular weight is 532 g/mol. The number of carboxylic acids is 2. The number of amides is 1. The molecule has 0 atom stereocenters. The van der Waals surface area contributed by atoms with Gasteiger partial charge >= 0.3 is 24.3 Å². The molecule has 0 radical (unpaired) electrons. The Labute approximate surface area is 203 Å². The molecule has 1 aromatic heterocycles. The predicted octanol–water partition coefficient (Wildman–Crippen LogP) is 3.30. The number of alkyl halides is 6. The van der Waals surface area contributed by atoms with E-state index in [2.05, 4.69) is 34.9 Å². The Balaban J connectivity index is 0.000000383. The Hall–Kier alpha value is -2.84. The predicted molar refractivity (Wildman–Crippen MR) is 114 cm³/mol. The van der Waals surface area contributed by atoms with E-state index in [4.69, 9.17) is 19.8 Å². The standard InChI is InChI=1S/C17H28N4O.2C2HF3O2/c1-14(2)11-21-16(22)4-5-17(21)6-8-20(9-7-17)13-15-10-18-19(3)12-15;2*3-2(4,5)1(6)7/h10,12,14H,4-9,11,13H2,1-3H3;2*(H,6,7). The van der Waals surface area contributed by atoms with Crippen LogP contribution in [-0.4, -0.2) is 85.2 Å².